The second kappa shape index (κ2) is 7.09. The van der Waals surface area contributed by atoms with Crippen LogP contribution in [0.5, 0.6) is 0 Å². The molecule has 0 aliphatic carbocycles. The van der Waals surface area contributed by atoms with Gasteiger partial charge in [-0.3, -0.25) is 9.95 Å². The summed E-state index contributed by atoms with van der Waals surface area (Å²) in [6.45, 7) is 10.2. The number of hydroxylamine groups is 1. The summed E-state index contributed by atoms with van der Waals surface area (Å²) in [5, 5.41) is 5.73. The number of hydrogen-bond acceptors (Lipinski definition) is 10. The summed E-state index contributed by atoms with van der Waals surface area (Å²) in [6.07, 6.45) is 0.998. The largest absolute Gasteiger partial charge is 0.393 e. The first-order valence-corrected chi connectivity index (χ1v) is 9.27. The van der Waals surface area contributed by atoms with Crippen LogP contribution in [0.3, 0.4) is 0 Å². The molecule has 3 heterocycles. The summed E-state index contributed by atoms with van der Waals surface area (Å²) < 4.78 is 0. The molecule has 1 aromatic heterocycles. The molecule has 9 nitrogen and oxygen atoms in total. The summed E-state index contributed by atoms with van der Waals surface area (Å²) in [7, 11) is 0. The van der Waals surface area contributed by atoms with Crippen LogP contribution in [0.15, 0.2) is 5.16 Å². The minimum absolute atomic E-state index is 0.121. The number of hydrogen-bond donors (Lipinski definition) is 4. The number of aromatic nitrogens is 2. The van der Waals surface area contributed by atoms with Crippen LogP contribution in [-0.4, -0.2) is 46.6 Å². The van der Waals surface area contributed by atoms with Crippen molar-refractivity contribution in [1.82, 2.24) is 15.4 Å². The van der Waals surface area contributed by atoms with Gasteiger partial charge in [-0.2, -0.15) is 12.6 Å². The highest BCUT2D eigenvalue weighted by molar-refractivity contribution is 7.81. The van der Waals surface area contributed by atoms with Crippen molar-refractivity contribution in [3.8, 4) is 0 Å². The highest BCUT2D eigenvalue weighted by atomic mass is 32.1. The molecule has 0 radical (unpaired) electrons. The van der Waals surface area contributed by atoms with E-state index in [1.54, 1.807) is 0 Å². The standard InChI is InChI=1S/C16H28N8OS/c1-9-11(22-25-21-9)8-24(18)14-12(17)13(23-6-5-10(26)7-23)19-15(20-14)16(2,3)4/h10-11,22,26H,5-8,17-18H2,1-4H3/t10-,11?/m1/s1. The number of rotatable bonds is 4. The van der Waals surface area contributed by atoms with E-state index in [2.05, 4.69) is 53.9 Å². The van der Waals surface area contributed by atoms with Crippen LogP contribution in [0.1, 0.15) is 39.9 Å². The molecule has 5 N–H and O–H groups in total. The number of thiol groups is 1. The molecule has 0 aromatic carbocycles. The number of nitrogens with one attached hydrogen (secondary N) is 1. The summed E-state index contributed by atoms with van der Waals surface area (Å²) in [5.74, 6) is 8.28. The average Bonchev–Trinajstić information content (AvgIpc) is 3.15. The Bertz CT molecular complexity index is 704. The summed E-state index contributed by atoms with van der Waals surface area (Å²) in [5.41, 5.74) is 10.3. The Morgan fingerprint density at radius 1 is 1.38 bits per heavy atom. The molecule has 144 valence electrons. The lowest BCUT2D eigenvalue weighted by atomic mass is 9.95. The predicted molar refractivity (Wildman–Crippen MR) is 107 cm³/mol. The molecule has 3 rings (SSSR count). The quantitative estimate of drug-likeness (QED) is 0.345. The number of hydrazine groups is 1. The SMILES string of the molecule is CC1=NONC1CN(N)c1nc(C(C)(C)C)nc(N2CC[C@@H](S)C2)c1N. The minimum atomic E-state index is -0.232. The molecule has 0 amide bonds. The summed E-state index contributed by atoms with van der Waals surface area (Å²) in [4.78, 5) is 16.5. The average molecular weight is 381 g/mol. The molecule has 2 aliphatic heterocycles. The first kappa shape index (κ1) is 19.0. The molecule has 0 saturated carbocycles. The highest BCUT2D eigenvalue weighted by Gasteiger charge is 2.30. The van der Waals surface area contributed by atoms with Gasteiger partial charge in [-0.05, 0) is 13.3 Å². The van der Waals surface area contributed by atoms with E-state index in [0.29, 0.717) is 29.1 Å². The van der Waals surface area contributed by atoms with E-state index in [4.69, 9.17) is 21.5 Å². The molecule has 1 unspecified atom stereocenters. The van der Waals surface area contributed by atoms with Gasteiger partial charge in [0.05, 0.1) is 12.3 Å². The topological polar surface area (TPSA) is 118 Å². The molecule has 1 saturated heterocycles. The van der Waals surface area contributed by atoms with E-state index >= 15 is 0 Å². The highest BCUT2D eigenvalue weighted by Crippen LogP contribution is 2.34. The van der Waals surface area contributed by atoms with Gasteiger partial charge in [0.25, 0.3) is 0 Å². The molecule has 2 atom stereocenters. The lowest BCUT2D eigenvalue weighted by Crippen LogP contribution is -2.46. The molecular weight excluding hydrogens is 352 g/mol. The number of oxime groups is 1. The van der Waals surface area contributed by atoms with Gasteiger partial charge >= 0.3 is 0 Å². The zero-order valence-electron chi connectivity index (χ0n) is 15.7. The van der Waals surface area contributed by atoms with Crippen molar-refractivity contribution in [2.24, 2.45) is 11.0 Å². The molecule has 2 aliphatic rings. The van der Waals surface area contributed by atoms with Crippen molar-refractivity contribution in [1.29, 1.82) is 0 Å². The van der Waals surface area contributed by atoms with Crippen LogP contribution >= 0.6 is 12.6 Å². The molecular formula is C16H28N8OS. The van der Waals surface area contributed by atoms with Crippen molar-refractivity contribution in [2.45, 2.75) is 50.8 Å². The van der Waals surface area contributed by atoms with E-state index in [-0.39, 0.29) is 11.5 Å². The van der Waals surface area contributed by atoms with Crippen LogP contribution in [0.2, 0.25) is 0 Å². The van der Waals surface area contributed by atoms with Crippen molar-refractivity contribution in [3.63, 3.8) is 0 Å². The van der Waals surface area contributed by atoms with E-state index in [1.165, 1.54) is 5.01 Å². The van der Waals surface area contributed by atoms with Crippen LogP contribution in [-0.2, 0) is 10.4 Å². The maximum absolute atomic E-state index is 6.44. The van der Waals surface area contributed by atoms with E-state index in [0.717, 1.165) is 31.0 Å². The van der Waals surface area contributed by atoms with Gasteiger partial charge in [-0.1, -0.05) is 25.9 Å². The predicted octanol–water partition coefficient (Wildman–Crippen LogP) is 0.824. The second-order valence-electron chi connectivity index (χ2n) is 7.89. The normalized spacial score (nSPS) is 23.2. The van der Waals surface area contributed by atoms with Crippen LogP contribution in [0.4, 0.5) is 17.3 Å². The third-order valence-electron chi connectivity index (χ3n) is 4.58. The van der Waals surface area contributed by atoms with Crippen molar-refractivity contribution in [3.05, 3.63) is 5.82 Å². The Morgan fingerprint density at radius 2 is 2.12 bits per heavy atom. The Morgan fingerprint density at radius 3 is 2.65 bits per heavy atom. The third-order valence-corrected chi connectivity index (χ3v) is 5.00. The van der Waals surface area contributed by atoms with Gasteiger partial charge in [-0.15, -0.1) is 5.48 Å². The van der Waals surface area contributed by atoms with Gasteiger partial charge in [0.15, 0.2) is 11.6 Å². The number of nitrogens with zero attached hydrogens (tertiary/aromatic N) is 5. The van der Waals surface area contributed by atoms with E-state index < -0.39 is 0 Å². The number of nitrogen functional groups attached to an aromatic ring is 1. The first-order chi connectivity index (χ1) is 12.2. The summed E-state index contributed by atoms with van der Waals surface area (Å²) >= 11 is 4.58. The number of anilines is 3. The Labute approximate surface area is 159 Å². The molecule has 0 spiro atoms. The Kier molecular flexibility index (Phi) is 5.18. The van der Waals surface area contributed by atoms with E-state index in [9.17, 15) is 0 Å². The fourth-order valence-electron chi connectivity index (χ4n) is 2.94. The summed E-state index contributed by atoms with van der Waals surface area (Å²) in [6, 6.07) is -0.121. The Balaban J connectivity index is 1.96. The molecule has 0 bridgehead atoms. The fourth-order valence-corrected chi connectivity index (χ4v) is 3.25. The van der Waals surface area contributed by atoms with Gasteiger partial charge in [-0.25, -0.2) is 15.8 Å². The third kappa shape index (κ3) is 3.81. The van der Waals surface area contributed by atoms with Gasteiger partial charge in [0, 0.05) is 23.8 Å². The minimum Gasteiger partial charge on any atom is -0.393 e. The van der Waals surface area contributed by atoms with Crippen molar-refractivity contribution >= 4 is 35.7 Å². The molecule has 10 heteroatoms. The van der Waals surface area contributed by atoms with Crippen LogP contribution < -0.4 is 27.0 Å². The molecule has 1 fully saturated rings. The second-order valence-corrected chi connectivity index (χ2v) is 8.62. The first-order valence-electron chi connectivity index (χ1n) is 8.76. The van der Waals surface area contributed by atoms with Gasteiger partial charge < -0.3 is 10.6 Å². The van der Waals surface area contributed by atoms with Crippen molar-refractivity contribution < 1.29 is 4.94 Å². The van der Waals surface area contributed by atoms with Crippen LogP contribution in [0.25, 0.3) is 0 Å². The molecule has 26 heavy (non-hydrogen) atoms. The van der Waals surface area contributed by atoms with Crippen molar-refractivity contribution in [2.75, 3.05) is 35.3 Å². The smallest absolute Gasteiger partial charge is 0.171 e. The fraction of sp³-hybridized carbons (Fsp3) is 0.688. The lowest BCUT2D eigenvalue weighted by Gasteiger charge is -2.28. The zero-order valence-corrected chi connectivity index (χ0v) is 16.6. The molecule has 1 aromatic rings. The van der Waals surface area contributed by atoms with Gasteiger partial charge in [0.2, 0.25) is 0 Å². The lowest BCUT2D eigenvalue weighted by molar-refractivity contribution is 0.0610. The monoisotopic (exact) mass is 380 g/mol. The number of nitrogens with two attached hydrogens (primary N) is 2. The van der Waals surface area contributed by atoms with Gasteiger partial charge in [0.1, 0.15) is 17.6 Å². The zero-order chi connectivity index (χ0) is 19.1. The Hall–Kier alpha value is -1.78. The maximum atomic E-state index is 6.44. The maximum Gasteiger partial charge on any atom is 0.171 e. The van der Waals surface area contributed by atoms with E-state index in [1.807, 2.05) is 6.92 Å². The van der Waals surface area contributed by atoms with Crippen LogP contribution in [0, 0.1) is 0 Å².